The molecule has 0 aliphatic carbocycles. The van der Waals surface area contributed by atoms with Gasteiger partial charge in [0.05, 0.1) is 25.2 Å². The highest BCUT2D eigenvalue weighted by Gasteiger charge is 2.24. The van der Waals surface area contributed by atoms with E-state index in [0.29, 0.717) is 19.3 Å². The van der Waals surface area contributed by atoms with Crippen molar-refractivity contribution < 1.29 is 24.5 Å². The second kappa shape index (κ2) is 42.0. The summed E-state index contributed by atoms with van der Waals surface area (Å²) in [5, 5.41) is 23.6. The van der Waals surface area contributed by atoms with Gasteiger partial charge in [-0.15, -0.1) is 0 Å². The fourth-order valence-electron chi connectivity index (χ4n) is 6.73. The zero-order valence-corrected chi connectivity index (χ0v) is 35.6. The van der Waals surface area contributed by atoms with E-state index in [9.17, 15) is 19.8 Å². The summed E-state index contributed by atoms with van der Waals surface area (Å²) < 4.78 is 5.86. The molecule has 0 aliphatic rings. The van der Waals surface area contributed by atoms with Crippen LogP contribution in [0, 0.1) is 0 Å². The Morgan fingerprint density at radius 3 is 1.65 bits per heavy atom. The van der Waals surface area contributed by atoms with Gasteiger partial charge < -0.3 is 20.3 Å². The van der Waals surface area contributed by atoms with Gasteiger partial charge in [-0.05, 0) is 64.2 Å². The Bertz CT molecular complexity index is 941. The van der Waals surface area contributed by atoms with Gasteiger partial charge in [-0.3, -0.25) is 9.59 Å². The number of rotatable bonds is 40. The quantitative estimate of drug-likeness (QED) is 0.0250. The normalized spacial score (nSPS) is 13.8. The third-order valence-corrected chi connectivity index (χ3v) is 10.2. The molecule has 0 heterocycles. The number of allylic oxidation sites excluding steroid dienone is 8. The Labute approximate surface area is 334 Å². The molecule has 0 aromatic rings. The lowest BCUT2D eigenvalue weighted by atomic mass is 10.0. The zero-order chi connectivity index (χ0) is 39.6. The largest absolute Gasteiger partial charge is 0.462 e. The first-order chi connectivity index (χ1) is 26.5. The van der Waals surface area contributed by atoms with Crippen LogP contribution < -0.4 is 5.32 Å². The van der Waals surface area contributed by atoms with Gasteiger partial charge in [0.2, 0.25) is 5.91 Å². The van der Waals surface area contributed by atoms with Gasteiger partial charge in [0.1, 0.15) is 6.10 Å². The highest BCUT2D eigenvalue weighted by Crippen LogP contribution is 2.17. The maximum absolute atomic E-state index is 13.1. The summed E-state index contributed by atoms with van der Waals surface area (Å²) in [5.74, 6) is -0.519. The maximum atomic E-state index is 13.1. The number of aliphatic hydroxyl groups is 2. The third kappa shape index (κ3) is 36.8. The lowest BCUT2D eigenvalue weighted by Gasteiger charge is -2.24. The van der Waals surface area contributed by atoms with Crippen molar-refractivity contribution in [2.75, 3.05) is 6.61 Å². The van der Waals surface area contributed by atoms with Gasteiger partial charge in [-0.2, -0.15) is 0 Å². The molecule has 6 heteroatoms. The van der Waals surface area contributed by atoms with E-state index in [0.717, 1.165) is 103 Å². The first kappa shape index (κ1) is 51.8. The van der Waals surface area contributed by atoms with Crippen molar-refractivity contribution in [3.05, 3.63) is 48.6 Å². The minimum absolute atomic E-state index is 0.0574. The molecular formula is C48H87NO5. The number of nitrogens with one attached hydrogen (secondary N) is 1. The van der Waals surface area contributed by atoms with Crippen molar-refractivity contribution in [2.24, 2.45) is 0 Å². The van der Waals surface area contributed by atoms with Gasteiger partial charge in [0.15, 0.2) is 0 Å². The molecule has 0 aliphatic heterocycles. The SMILES string of the molecule is CC/C=C/C=C/C=C\CCCCCCCC(=O)OC(CCCCC/C=C\CCC)CC(=O)NC(CO)C(O)CCCCCCCCCCCCCCCC. The molecule has 0 bridgehead atoms. The maximum Gasteiger partial charge on any atom is 0.306 e. The number of aliphatic hydroxyl groups excluding tert-OH is 2. The minimum Gasteiger partial charge on any atom is -0.462 e. The second-order valence-corrected chi connectivity index (χ2v) is 15.5. The van der Waals surface area contributed by atoms with Crippen LogP contribution in [0.1, 0.15) is 220 Å². The molecule has 1 amide bonds. The van der Waals surface area contributed by atoms with Crippen LogP contribution in [0.3, 0.4) is 0 Å². The van der Waals surface area contributed by atoms with Crippen LogP contribution in [-0.4, -0.2) is 46.9 Å². The number of ether oxygens (including phenoxy) is 1. The summed E-state index contributed by atoms with van der Waals surface area (Å²) in [4.78, 5) is 25.9. The molecule has 0 radical (unpaired) electrons. The number of unbranched alkanes of at least 4 members (excludes halogenated alkanes) is 22. The lowest BCUT2D eigenvalue weighted by molar-refractivity contribution is -0.151. The molecule has 0 saturated carbocycles. The predicted octanol–water partition coefficient (Wildman–Crippen LogP) is 13.1. The van der Waals surface area contributed by atoms with E-state index in [4.69, 9.17) is 4.74 Å². The first-order valence-electron chi connectivity index (χ1n) is 22.9. The average Bonchev–Trinajstić information content (AvgIpc) is 3.16. The number of esters is 1. The molecule has 54 heavy (non-hydrogen) atoms. The fraction of sp³-hybridized carbons (Fsp3) is 0.792. The van der Waals surface area contributed by atoms with E-state index < -0.39 is 18.2 Å². The van der Waals surface area contributed by atoms with Gasteiger partial charge in [-0.1, -0.05) is 191 Å². The Balaban J connectivity index is 4.50. The second-order valence-electron chi connectivity index (χ2n) is 15.5. The zero-order valence-electron chi connectivity index (χ0n) is 35.6. The van der Waals surface area contributed by atoms with E-state index in [1.807, 2.05) is 0 Å². The van der Waals surface area contributed by atoms with E-state index in [1.54, 1.807) is 0 Å². The van der Waals surface area contributed by atoms with Crippen LogP contribution in [-0.2, 0) is 14.3 Å². The van der Waals surface area contributed by atoms with Crippen molar-refractivity contribution in [3.63, 3.8) is 0 Å². The van der Waals surface area contributed by atoms with Gasteiger partial charge in [-0.25, -0.2) is 0 Å². The molecule has 0 spiro atoms. The molecule has 0 fully saturated rings. The van der Waals surface area contributed by atoms with E-state index in [2.05, 4.69) is 74.7 Å². The standard InChI is InChI=1S/C48H87NO5/c1-4-7-10-13-16-19-21-23-25-26-28-31-34-37-40-46(51)45(43-50)49-47(52)42-44(39-36-33-30-18-15-12-9-6-3)54-48(53)41-38-35-32-29-27-24-22-20-17-14-11-8-5-2/h8,11-12,14-15,17,20,22,44-46,50-51H,4-7,9-10,13,16,18-19,21,23-43H2,1-3H3,(H,49,52)/b11-8+,15-12-,17-14+,22-20-. The van der Waals surface area contributed by atoms with Crippen LogP contribution in [0.25, 0.3) is 0 Å². The van der Waals surface area contributed by atoms with E-state index >= 15 is 0 Å². The van der Waals surface area contributed by atoms with Crippen LogP contribution in [0.2, 0.25) is 0 Å². The lowest BCUT2D eigenvalue weighted by Crippen LogP contribution is -2.46. The molecule has 314 valence electrons. The number of carbonyl (C=O) groups excluding carboxylic acids is 2. The van der Waals surface area contributed by atoms with Crippen LogP contribution >= 0.6 is 0 Å². The van der Waals surface area contributed by atoms with Gasteiger partial charge in [0.25, 0.3) is 0 Å². The Morgan fingerprint density at radius 2 is 1.06 bits per heavy atom. The molecule has 0 rings (SSSR count). The summed E-state index contributed by atoms with van der Waals surface area (Å²) in [6.07, 6.45) is 48.9. The summed E-state index contributed by atoms with van der Waals surface area (Å²) in [7, 11) is 0. The van der Waals surface area contributed by atoms with Crippen molar-refractivity contribution in [3.8, 4) is 0 Å². The Morgan fingerprint density at radius 1 is 0.556 bits per heavy atom. The highest BCUT2D eigenvalue weighted by atomic mass is 16.5. The van der Waals surface area contributed by atoms with Crippen molar-refractivity contribution >= 4 is 11.9 Å². The summed E-state index contributed by atoms with van der Waals surface area (Å²) in [6.45, 7) is 6.26. The number of hydrogen-bond acceptors (Lipinski definition) is 5. The number of carbonyl (C=O) groups is 2. The fourth-order valence-corrected chi connectivity index (χ4v) is 6.73. The topological polar surface area (TPSA) is 95.9 Å². The Hall–Kier alpha value is -2.18. The molecule has 0 aromatic heterocycles. The van der Waals surface area contributed by atoms with Crippen LogP contribution in [0.15, 0.2) is 48.6 Å². The molecule has 0 saturated heterocycles. The van der Waals surface area contributed by atoms with Crippen LogP contribution in [0.5, 0.6) is 0 Å². The molecule has 3 N–H and O–H groups in total. The average molecular weight is 758 g/mol. The summed E-state index contributed by atoms with van der Waals surface area (Å²) in [6, 6.07) is -0.708. The molecular weight excluding hydrogens is 671 g/mol. The van der Waals surface area contributed by atoms with Crippen molar-refractivity contribution in [1.82, 2.24) is 5.32 Å². The number of amides is 1. The van der Waals surface area contributed by atoms with Gasteiger partial charge in [0, 0.05) is 6.42 Å². The molecule has 3 unspecified atom stereocenters. The van der Waals surface area contributed by atoms with Crippen molar-refractivity contribution in [1.29, 1.82) is 0 Å². The van der Waals surface area contributed by atoms with E-state index in [1.165, 1.54) is 70.6 Å². The summed E-state index contributed by atoms with van der Waals surface area (Å²) in [5.41, 5.74) is 0. The first-order valence-corrected chi connectivity index (χ1v) is 22.9. The molecule has 6 nitrogen and oxygen atoms in total. The predicted molar refractivity (Wildman–Crippen MR) is 232 cm³/mol. The monoisotopic (exact) mass is 758 g/mol. The summed E-state index contributed by atoms with van der Waals surface area (Å²) >= 11 is 0. The smallest absolute Gasteiger partial charge is 0.306 e. The highest BCUT2D eigenvalue weighted by molar-refractivity contribution is 5.77. The Kier molecular flexibility index (Phi) is 40.3. The van der Waals surface area contributed by atoms with Gasteiger partial charge >= 0.3 is 5.97 Å². The molecule has 3 atom stereocenters. The molecule has 0 aromatic carbocycles. The van der Waals surface area contributed by atoms with Crippen molar-refractivity contribution in [2.45, 2.75) is 238 Å². The van der Waals surface area contributed by atoms with E-state index in [-0.39, 0.29) is 24.9 Å². The third-order valence-electron chi connectivity index (χ3n) is 10.2. The van der Waals surface area contributed by atoms with Crippen LogP contribution in [0.4, 0.5) is 0 Å². The number of hydrogen-bond donors (Lipinski definition) is 3. The minimum atomic E-state index is -0.793.